The molecular weight excluding hydrogens is 296 g/mol. The van der Waals surface area contributed by atoms with Gasteiger partial charge in [0.1, 0.15) is 12.4 Å². The third-order valence-electron chi connectivity index (χ3n) is 2.69. The largest absolute Gasteiger partial charge is 0.487 e. The third-order valence-corrected chi connectivity index (χ3v) is 3.04. The molecule has 0 spiro atoms. The van der Waals surface area contributed by atoms with E-state index in [2.05, 4.69) is 4.98 Å². The van der Waals surface area contributed by atoms with E-state index in [4.69, 9.17) is 27.2 Å². The molecule has 108 valence electrons. The average Bonchev–Trinajstić information content (AvgIpc) is 2.46. The van der Waals surface area contributed by atoms with Gasteiger partial charge < -0.3 is 15.6 Å². The van der Waals surface area contributed by atoms with Crippen LogP contribution < -0.4 is 10.5 Å². The van der Waals surface area contributed by atoms with E-state index in [-0.39, 0.29) is 12.2 Å². The zero-order chi connectivity index (χ0) is 15.4. The zero-order valence-corrected chi connectivity index (χ0v) is 11.5. The molecule has 6 nitrogen and oxygen atoms in total. The van der Waals surface area contributed by atoms with Crippen LogP contribution in [0.25, 0.3) is 0 Å². The van der Waals surface area contributed by atoms with Crippen molar-refractivity contribution in [1.82, 2.24) is 4.98 Å². The second-order valence-electron chi connectivity index (χ2n) is 4.17. The highest BCUT2D eigenvalue weighted by molar-refractivity contribution is 6.31. The van der Waals surface area contributed by atoms with E-state index in [1.165, 1.54) is 24.5 Å². The lowest BCUT2D eigenvalue weighted by Gasteiger charge is -2.08. The van der Waals surface area contributed by atoms with E-state index >= 15 is 0 Å². The van der Waals surface area contributed by atoms with Gasteiger partial charge in [-0.25, -0.2) is 4.79 Å². The summed E-state index contributed by atoms with van der Waals surface area (Å²) in [6.07, 6.45) is 2.63. The number of aromatic carboxylic acids is 1. The van der Waals surface area contributed by atoms with Crippen molar-refractivity contribution in [2.45, 2.75) is 6.61 Å². The smallest absolute Gasteiger partial charge is 0.337 e. The molecule has 0 radical (unpaired) electrons. The van der Waals surface area contributed by atoms with Crippen LogP contribution in [0.5, 0.6) is 5.75 Å². The molecule has 0 aliphatic heterocycles. The van der Waals surface area contributed by atoms with Gasteiger partial charge in [-0.2, -0.15) is 0 Å². The molecule has 0 aliphatic rings. The lowest BCUT2D eigenvalue weighted by Crippen LogP contribution is -2.11. The number of hydrogen-bond donors (Lipinski definition) is 2. The number of benzene rings is 1. The zero-order valence-electron chi connectivity index (χ0n) is 10.7. The highest BCUT2D eigenvalue weighted by atomic mass is 35.5. The molecule has 1 aromatic heterocycles. The fraction of sp³-hybridized carbons (Fsp3) is 0.0714. The van der Waals surface area contributed by atoms with Crippen LogP contribution in [0.1, 0.15) is 26.3 Å². The maximum Gasteiger partial charge on any atom is 0.337 e. The Balaban J connectivity index is 2.11. The molecule has 2 rings (SSSR count). The monoisotopic (exact) mass is 306 g/mol. The first-order valence-corrected chi connectivity index (χ1v) is 6.24. The number of rotatable bonds is 5. The average molecular weight is 307 g/mol. The molecule has 0 bridgehead atoms. The maximum absolute atomic E-state index is 11.0. The topological polar surface area (TPSA) is 103 Å². The van der Waals surface area contributed by atoms with Gasteiger partial charge in [0.15, 0.2) is 0 Å². The number of hydrogen-bond acceptors (Lipinski definition) is 4. The summed E-state index contributed by atoms with van der Waals surface area (Å²) >= 11 is 6.02. The number of pyridine rings is 1. The van der Waals surface area contributed by atoms with Crippen LogP contribution in [-0.2, 0) is 6.61 Å². The number of nitrogens with zero attached hydrogens (tertiary/aromatic N) is 1. The minimum absolute atomic E-state index is 0.0303. The fourth-order valence-corrected chi connectivity index (χ4v) is 1.83. The number of primary amides is 1. The van der Waals surface area contributed by atoms with E-state index in [1.54, 1.807) is 12.1 Å². The summed E-state index contributed by atoms with van der Waals surface area (Å²) < 4.78 is 5.44. The van der Waals surface area contributed by atoms with Gasteiger partial charge in [-0.1, -0.05) is 17.7 Å². The van der Waals surface area contributed by atoms with Gasteiger partial charge in [0.05, 0.1) is 11.8 Å². The van der Waals surface area contributed by atoms with Crippen molar-refractivity contribution in [1.29, 1.82) is 0 Å². The van der Waals surface area contributed by atoms with Gasteiger partial charge in [-0.15, -0.1) is 0 Å². The molecule has 0 saturated carbocycles. The van der Waals surface area contributed by atoms with Crippen LogP contribution in [0.2, 0.25) is 5.02 Å². The summed E-state index contributed by atoms with van der Waals surface area (Å²) in [5, 5.41) is 9.20. The molecule has 0 saturated heterocycles. The molecule has 0 aliphatic carbocycles. The van der Waals surface area contributed by atoms with Gasteiger partial charge in [-0.05, 0) is 18.2 Å². The van der Waals surface area contributed by atoms with Crippen LogP contribution in [0.3, 0.4) is 0 Å². The number of carboxylic acid groups (broad SMARTS) is 1. The van der Waals surface area contributed by atoms with Gasteiger partial charge in [-0.3, -0.25) is 9.78 Å². The van der Waals surface area contributed by atoms with E-state index in [0.29, 0.717) is 21.9 Å². The number of amides is 1. The molecule has 1 aromatic carbocycles. The summed E-state index contributed by atoms with van der Waals surface area (Å²) in [4.78, 5) is 25.6. The lowest BCUT2D eigenvalue weighted by atomic mass is 10.1. The Morgan fingerprint density at radius 1 is 1.24 bits per heavy atom. The normalized spacial score (nSPS) is 10.1. The lowest BCUT2D eigenvalue weighted by molar-refractivity contribution is 0.0695. The predicted octanol–water partition coefficient (Wildman–Crippen LogP) is 2.11. The fourth-order valence-electron chi connectivity index (χ4n) is 1.59. The second kappa shape index (κ2) is 6.23. The summed E-state index contributed by atoms with van der Waals surface area (Å²) in [6, 6.07) is 5.98. The SMILES string of the molecule is NC(=O)c1ccc(COc2cncc(C(=O)O)c2)c(Cl)c1. The van der Waals surface area contributed by atoms with Crippen LogP contribution in [0.4, 0.5) is 0 Å². The Morgan fingerprint density at radius 2 is 2.00 bits per heavy atom. The van der Waals surface area contributed by atoms with Crippen LogP contribution in [-0.4, -0.2) is 22.0 Å². The molecule has 0 unspecified atom stereocenters. The van der Waals surface area contributed by atoms with Crippen molar-refractivity contribution in [3.05, 3.63) is 58.4 Å². The second-order valence-corrected chi connectivity index (χ2v) is 4.58. The van der Waals surface area contributed by atoms with Crippen molar-refractivity contribution < 1.29 is 19.4 Å². The first-order chi connectivity index (χ1) is 9.97. The molecule has 1 heterocycles. The first-order valence-electron chi connectivity index (χ1n) is 5.86. The number of nitrogens with two attached hydrogens (primary N) is 1. The number of ether oxygens (including phenoxy) is 1. The molecule has 0 fully saturated rings. The summed E-state index contributed by atoms with van der Waals surface area (Å²) in [6.45, 7) is 0.114. The number of aromatic nitrogens is 1. The van der Waals surface area contributed by atoms with Crippen molar-refractivity contribution >= 4 is 23.5 Å². The third kappa shape index (κ3) is 3.70. The highest BCUT2D eigenvalue weighted by Crippen LogP contribution is 2.20. The van der Waals surface area contributed by atoms with E-state index in [9.17, 15) is 9.59 Å². The van der Waals surface area contributed by atoms with Crippen LogP contribution in [0, 0.1) is 0 Å². The van der Waals surface area contributed by atoms with Crippen LogP contribution in [0.15, 0.2) is 36.7 Å². The summed E-state index contributed by atoms with van der Waals surface area (Å²) in [5.74, 6) is -1.34. The molecule has 2 aromatic rings. The van der Waals surface area contributed by atoms with Crippen molar-refractivity contribution in [2.24, 2.45) is 5.73 Å². The van der Waals surface area contributed by atoms with Gasteiger partial charge >= 0.3 is 5.97 Å². The first kappa shape index (κ1) is 14.8. The Labute approximate surface area is 125 Å². The molecule has 21 heavy (non-hydrogen) atoms. The van der Waals surface area contributed by atoms with E-state index in [1.807, 2.05) is 0 Å². The number of carbonyl (C=O) groups is 2. The van der Waals surface area contributed by atoms with Gasteiger partial charge in [0, 0.05) is 22.3 Å². The molecule has 1 amide bonds. The van der Waals surface area contributed by atoms with Gasteiger partial charge in [0.2, 0.25) is 5.91 Å². The minimum atomic E-state index is -1.09. The Kier molecular flexibility index (Phi) is 4.39. The summed E-state index contributed by atoms with van der Waals surface area (Å²) in [7, 11) is 0. The quantitative estimate of drug-likeness (QED) is 0.880. The van der Waals surface area contributed by atoms with E-state index in [0.717, 1.165) is 0 Å². The minimum Gasteiger partial charge on any atom is -0.487 e. The Bertz CT molecular complexity index is 703. The Morgan fingerprint density at radius 3 is 2.62 bits per heavy atom. The number of carbonyl (C=O) groups excluding carboxylic acids is 1. The van der Waals surface area contributed by atoms with Gasteiger partial charge in [0.25, 0.3) is 0 Å². The highest BCUT2D eigenvalue weighted by Gasteiger charge is 2.08. The van der Waals surface area contributed by atoms with E-state index < -0.39 is 11.9 Å². The molecule has 3 N–H and O–H groups in total. The maximum atomic E-state index is 11.0. The van der Waals surface area contributed by atoms with Crippen molar-refractivity contribution in [3.63, 3.8) is 0 Å². The molecule has 7 heteroatoms. The van der Waals surface area contributed by atoms with Crippen molar-refractivity contribution in [2.75, 3.05) is 0 Å². The van der Waals surface area contributed by atoms with Crippen molar-refractivity contribution in [3.8, 4) is 5.75 Å². The standard InChI is InChI=1S/C14H11ClN2O4/c15-12-4-8(13(16)18)1-2-9(12)7-21-11-3-10(14(19)20)5-17-6-11/h1-6H,7H2,(H2,16,18)(H,19,20). The number of carboxylic acids is 1. The Hall–Kier alpha value is -2.60. The summed E-state index contributed by atoms with van der Waals surface area (Å²) in [5.41, 5.74) is 6.13. The predicted molar refractivity (Wildman–Crippen MR) is 75.5 cm³/mol. The number of halogens is 1. The van der Waals surface area contributed by atoms with Crippen LogP contribution >= 0.6 is 11.6 Å². The molecular formula is C14H11ClN2O4. The molecule has 0 atom stereocenters.